The molecule has 3 N–H and O–H groups in total. The molecule has 134 valence electrons. The van der Waals surface area contributed by atoms with Crippen LogP contribution in [0.1, 0.15) is 18.7 Å². The van der Waals surface area contributed by atoms with Gasteiger partial charge in [0.25, 0.3) is 0 Å². The molecule has 0 radical (unpaired) electrons. The number of pyridine rings is 1. The number of aryl methyl sites for hydroxylation is 1. The van der Waals surface area contributed by atoms with Gasteiger partial charge in [0.05, 0.1) is 11.4 Å². The van der Waals surface area contributed by atoms with Crippen LogP contribution in [-0.2, 0) is 16.0 Å². The molecule has 4 rings (SSSR count). The highest BCUT2D eigenvalue weighted by Gasteiger charge is 2.30. The maximum Gasteiger partial charge on any atom is 0.228 e. The number of amides is 1. The number of nitrogens with one attached hydrogen (secondary N) is 3. The number of fused-ring (bicyclic) bond motifs is 1. The summed E-state index contributed by atoms with van der Waals surface area (Å²) in [5.41, 5.74) is 2.70. The summed E-state index contributed by atoms with van der Waals surface area (Å²) in [6.07, 6.45) is 3.50. The summed E-state index contributed by atoms with van der Waals surface area (Å²) in [5, 5.41) is 6.17. The average molecular weight is 369 g/mol. The number of rotatable bonds is 5. The SMILES string of the molecule is Cc1nc2c(Nc3ccccc3[S@@+](C)[O-])cc(NC(=O)C3CC3)nc2[nH]1. The van der Waals surface area contributed by atoms with E-state index in [0.717, 1.165) is 24.4 Å². The first-order valence-corrected chi connectivity index (χ1v) is 9.95. The number of nitrogens with zero attached hydrogens (tertiary/aromatic N) is 2. The van der Waals surface area contributed by atoms with Crippen molar-refractivity contribution >= 4 is 45.4 Å². The average Bonchev–Trinajstić information content (AvgIpc) is 3.37. The number of hydrogen-bond donors (Lipinski definition) is 3. The first kappa shape index (κ1) is 16.9. The molecule has 7 nitrogen and oxygen atoms in total. The van der Waals surface area contributed by atoms with Gasteiger partial charge in [0.1, 0.15) is 23.4 Å². The van der Waals surface area contributed by atoms with E-state index in [4.69, 9.17) is 0 Å². The molecule has 0 spiro atoms. The van der Waals surface area contributed by atoms with Crippen molar-refractivity contribution in [3.8, 4) is 0 Å². The van der Waals surface area contributed by atoms with Gasteiger partial charge in [-0.05, 0) is 43.1 Å². The van der Waals surface area contributed by atoms with Gasteiger partial charge in [-0.1, -0.05) is 12.1 Å². The number of aromatic nitrogens is 3. The number of benzene rings is 1. The maximum atomic E-state index is 12.1. The van der Waals surface area contributed by atoms with Gasteiger partial charge in [0.2, 0.25) is 5.91 Å². The number of anilines is 3. The molecule has 0 aliphatic heterocycles. The molecule has 1 aliphatic rings. The van der Waals surface area contributed by atoms with E-state index < -0.39 is 11.2 Å². The molecule has 1 aromatic carbocycles. The number of hydrogen-bond acceptors (Lipinski definition) is 5. The molecule has 0 bridgehead atoms. The molecule has 0 unspecified atom stereocenters. The zero-order valence-electron chi connectivity index (χ0n) is 14.5. The zero-order chi connectivity index (χ0) is 18.3. The largest absolute Gasteiger partial charge is 0.612 e. The van der Waals surface area contributed by atoms with E-state index >= 15 is 0 Å². The first-order valence-electron chi connectivity index (χ1n) is 8.39. The predicted octanol–water partition coefficient (Wildman–Crippen LogP) is 3.10. The summed E-state index contributed by atoms with van der Waals surface area (Å²) in [5.74, 6) is 1.29. The summed E-state index contributed by atoms with van der Waals surface area (Å²) in [4.78, 5) is 24.8. The second-order valence-corrected chi connectivity index (χ2v) is 7.76. The van der Waals surface area contributed by atoms with Crippen LogP contribution in [0.4, 0.5) is 17.2 Å². The third kappa shape index (κ3) is 3.38. The summed E-state index contributed by atoms with van der Waals surface area (Å²) in [7, 11) is 0. The molecule has 26 heavy (non-hydrogen) atoms. The van der Waals surface area contributed by atoms with E-state index in [1.807, 2.05) is 31.2 Å². The standard InChI is InChI=1S/C18H19N5O2S/c1-10-19-16-13(21-12-5-3-4-6-14(12)26(2)25)9-15(22-17(16)20-10)23-18(24)11-7-8-11/h3-6,9,11H,7-8H2,1-2H3,(H3,19,20,21,22,23,24)/t26-/m1/s1. The van der Waals surface area contributed by atoms with Gasteiger partial charge in [-0.2, -0.15) is 0 Å². The Morgan fingerprint density at radius 1 is 1.27 bits per heavy atom. The molecule has 0 saturated heterocycles. The highest BCUT2D eigenvalue weighted by molar-refractivity contribution is 7.90. The first-order chi connectivity index (χ1) is 12.5. The molecule has 1 fully saturated rings. The van der Waals surface area contributed by atoms with Crippen LogP contribution in [0.15, 0.2) is 35.2 Å². The third-order valence-electron chi connectivity index (χ3n) is 4.24. The van der Waals surface area contributed by atoms with E-state index in [1.54, 1.807) is 12.3 Å². The van der Waals surface area contributed by atoms with Gasteiger partial charge in [0.15, 0.2) is 10.5 Å². The Hall–Kier alpha value is -2.58. The fraction of sp³-hybridized carbons (Fsp3) is 0.278. The van der Waals surface area contributed by atoms with Crippen molar-refractivity contribution in [2.24, 2.45) is 5.92 Å². The van der Waals surface area contributed by atoms with E-state index in [0.29, 0.717) is 27.6 Å². The normalized spacial score (nSPS) is 15.0. The molecule has 1 aliphatic carbocycles. The van der Waals surface area contributed by atoms with Crippen LogP contribution in [-0.4, -0.2) is 31.7 Å². The number of carbonyl (C=O) groups excluding carboxylic acids is 1. The third-order valence-corrected chi connectivity index (χ3v) is 5.21. The molecule has 8 heteroatoms. The van der Waals surface area contributed by atoms with Gasteiger partial charge in [0, 0.05) is 12.0 Å². The number of para-hydroxylation sites is 1. The second-order valence-electron chi connectivity index (χ2n) is 6.41. The molecule has 1 amide bonds. The van der Waals surface area contributed by atoms with Gasteiger partial charge >= 0.3 is 0 Å². The lowest BCUT2D eigenvalue weighted by atomic mass is 10.2. The number of imidazole rings is 1. The van der Waals surface area contributed by atoms with Crippen LogP contribution >= 0.6 is 0 Å². The van der Waals surface area contributed by atoms with E-state index in [-0.39, 0.29) is 11.8 Å². The van der Waals surface area contributed by atoms with Crippen LogP contribution < -0.4 is 10.6 Å². The number of H-pyrrole nitrogens is 1. The van der Waals surface area contributed by atoms with Crippen molar-refractivity contribution in [3.63, 3.8) is 0 Å². The van der Waals surface area contributed by atoms with E-state index in [1.165, 1.54) is 0 Å². The summed E-state index contributed by atoms with van der Waals surface area (Å²) in [6.45, 7) is 1.85. The summed E-state index contributed by atoms with van der Waals surface area (Å²) >= 11 is -1.13. The zero-order valence-corrected chi connectivity index (χ0v) is 15.3. The Kier molecular flexibility index (Phi) is 4.29. The summed E-state index contributed by atoms with van der Waals surface area (Å²) < 4.78 is 12.0. The molecule has 1 saturated carbocycles. The molecular formula is C18H19N5O2S. The minimum Gasteiger partial charge on any atom is -0.612 e. The second kappa shape index (κ2) is 6.62. The minimum absolute atomic E-state index is 0.00546. The number of aromatic amines is 1. The maximum absolute atomic E-state index is 12.1. The highest BCUT2D eigenvalue weighted by atomic mass is 32.2. The molecule has 3 aromatic rings. The minimum atomic E-state index is -1.13. The monoisotopic (exact) mass is 369 g/mol. The lowest BCUT2D eigenvalue weighted by Gasteiger charge is -2.13. The van der Waals surface area contributed by atoms with Crippen LogP contribution in [0, 0.1) is 12.8 Å². The van der Waals surface area contributed by atoms with Crippen molar-refractivity contribution in [2.75, 3.05) is 16.9 Å². The smallest absolute Gasteiger partial charge is 0.228 e. The van der Waals surface area contributed by atoms with Crippen LogP contribution in [0.25, 0.3) is 11.2 Å². The quantitative estimate of drug-likeness (QED) is 0.599. The lowest BCUT2D eigenvalue weighted by molar-refractivity contribution is -0.117. The van der Waals surface area contributed by atoms with E-state index in [2.05, 4.69) is 25.6 Å². The van der Waals surface area contributed by atoms with Crippen molar-refractivity contribution in [3.05, 3.63) is 36.2 Å². The fourth-order valence-corrected chi connectivity index (χ4v) is 3.50. The van der Waals surface area contributed by atoms with E-state index in [9.17, 15) is 9.35 Å². The van der Waals surface area contributed by atoms with Crippen molar-refractivity contribution < 1.29 is 9.35 Å². The van der Waals surface area contributed by atoms with Crippen molar-refractivity contribution in [1.82, 2.24) is 15.0 Å². The van der Waals surface area contributed by atoms with Crippen molar-refractivity contribution in [1.29, 1.82) is 0 Å². The Bertz CT molecular complexity index is 981. The Labute approximate surface area is 153 Å². The number of carbonyl (C=O) groups is 1. The summed E-state index contributed by atoms with van der Waals surface area (Å²) in [6, 6.07) is 9.18. The van der Waals surface area contributed by atoms with Gasteiger partial charge in [-0.25, -0.2) is 9.97 Å². The molecule has 1 atom stereocenters. The van der Waals surface area contributed by atoms with Crippen LogP contribution in [0.5, 0.6) is 0 Å². The van der Waals surface area contributed by atoms with Crippen LogP contribution in [0.3, 0.4) is 0 Å². The predicted molar refractivity (Wildman–Crippen MR) is 102 cm³/mol. The topological polar surface area (TPSA) is 106 Å². The molecule has 2 heterocycles. The Morgan fingerprint density at radius 3 is 2.77 bits per heavy atom. The highest BCUT2D eigenvalue weighted by Crippen LogP contribution is 2.32. The molecule has 2 aromatic heterocycles. The lowest BCUT2D eigenvalue weighted by Crippen LogP contribution is -2.14. The Morgan fingerprint density at radius 2 is 2.04 bits per heavy atom. The van der Waals surface area contributed by atoms with Gasteiger partial charge in [-0.15, -0.1) is 0 Å². The van der Waals surface area contributed by atoms with Crippen molar-refractivity contribution in [2.45, 2.75) is 24.7 Å². The van der Waals surface area contributed by atoms with Crippen LogP contribution in [0.2, 0.25) is 0 Å². The fourth-order valence-electron chi connectivity index (χ4n) is 2.80. The van der Waals surface area contributed by atoms with Gasteiger partial charge < -0.3 is 20.2 Å². The Balaban J connectivity index is 1.74. The molecular weight excluding hydrogens is 350 g/mol. The van der Waals surface area contributed by atoms with Gasteiger partial charge in [-0.3, -0.25) is 4.79 Å².